The molecule has 0 aliphatic heterocycles. The van der Waals surface area contributed by atoms with Crippen molar-refractivity contribution in [3.05, 3.63) is 29.8 Å². The van der Waals surface area contributed by atoms with Crippen molar-refractivity contribution in [3.63, 3.8) is 0 Å². The largest absolute Gasteiger partial charge is 0.494 e. The number of hydrogen-bond acceptors (Lipinski definition) is 4. The Kier molecular flexibility index (Phi) is 8.35. The maximum atomic E-state index is 5.50. The molecule has 0 fully saturated rings. The Hall–Kier alpha value is -1.10. The molecular formula is C17H31N3O. The Morgan fingerprint density at radius 3 is 2.29 bits per heavy atom. The first kappa shape index (κ1) is 18.0. The van der Waals surface area contributed by atoms with Gasteiger partial charge in [-0.25, -0.2) is 0 Å². The first-order valence-corrected chi connectivity index (χ1v) is 7.80. The molecule has 120 valence electrons. The Morgan fingerprint density at radius 2 is 1.76 bits per heavy atom. The monoisotopic (exact) mass is 293 g/mol. The highest BCUT2D eigenvalue weighted by atomic mass is 16.5. The normalized spacial score (nSPS) is 12.9. The first-order chi connectivity index (χ1) is 10.1. The second-order valence-electron chi connectivity index (χ2n) is 5.76. The van der Waals surface area contributed by atoms with Gasteiger partial charge in [-0.3, -0.25) is 0 Å². The third kappa shape index (κ3) is 6.93. The number of rotatable bonds is 10. The molecule has 1 N–H and O–H groups in total. The van der Waals surface area contributed by atoms with E-state index in [4.69, 9.17) is 4.74 Å². The third-order valence-corrected chi connectivity index (χ3v) is 3.58. The summed E-state index contributed by atoms with van der Waals surface area (Å²) in [5, 5.41) is 3.41. The van der Waals surface area contributed by atoms with Crippen molar-refractivity contribution in [1.82, 2.24) is 15.1 Å². The van der Waals surface area contributed by atoms with Crippen LogP contribution in [0.5, 0.6) is 5.75 Å². The molecular weight excluding hydrogens is 262 g/mol. The van der Waals surface area contributed by atoms with Crippen molar-refractivity contribution in [3.8, 4) is 5.75 Å². The fraction of sp³-hybridized carbons (Fsp3) is 0.647. The molecule has 4 nitrogen and oxygen atoms in total. The van der Waals surface area contributed by atoms with Crippen LogP contribution in [0.25, 0.3) is 0 Å². The van der Waals surface area contributed by atoms with Gasteiger partial charge in [-0.05, 0) is 72.3 Å². The van der Waals surface area contributed by atoms with E-state index in [1.165, 1.54) is 12.0 Å². The van der Waals surface area contributed by atoms with Crippen LogP contribution in [0, 0.1) is 0 Å². The minimum absolute atomic E-state index is 0.352. The second kappa shape index (κ2) is 9.77. The van der Waals surface area contributed by atoms with Gasteiger partial charge in [0.25, 0.3) is 0 Å². The highest BCUT2D eigenvalue weighted by Gasteiger charge is 2.12. The predicted molar refractivity (Wildman–Crippen MR) is 90.1 cm³/mol. The van der Waals surface area contributed by atoms with Crippen molar-refractivity contribution in [2.45, 2.75) is 19.4 Å². The van der Waals surface area contributed by atoms with Gasteiger partial charge in [-0.15, -0.1) is 0 Å². The highest BCUT2D eigenvalue weighted by molar-refractivity contribution is 5.29. The Bertz CT molecular complexity index is 378. The van der Waals surface area contributed by atoms with Gasteiger partial charge in [0.05, 0.1) is 6.61 Å². The summed E-state index contributed by atoms with van der Waals surface area (Å²) in [6.45, 7) is 5.99. The van der Waals surface area contributed by atoms with E-state index < -0.39 is 0 Å². The number of ether oxygens (including phenoxy) is 1. The smallest absolute Gasteiger partial charge is 0.119 e. The molecule has 1 aromatic carbocycles. The summed E-state index contributed by atoms with van der Waals surface area (Å²) in [7, 11) is 8.45. The van der Waals surface area contributed by atoms with E-state index in [2.05, 4.69) is 60.5 Å². The van der Waals surface area contributed by atoms with Gasteiger partial charge in [0, 0.05) is 12.6 Å². The van der Waals surface area contributed by atoms with E-state index >= 15 is 0 Å². The van der Waals surface area contributed by atoms with Gasteiger partial charge < -0.3 is 19.9 Å². The Labute approximate surface area is 130 Å². The molecule has 1 atom stereocenters. The van der Waals surface area contributed by atoms with Crippen LogP contribution in [0.3, 0.4) is 0 Å². The van der Waals surface area contributed by atoms with Crippen LogP contribution >= 0.6 is 0 Å². The second-order valence-corrected chi connectivity index (χ2v) is 5.76. The third-order valence-electron chi connectivity index (χ3n) is 3.58. The molecule has 0 saturated heterocycles. The molecule has 0 aromatic heterocycles. The van der Waals surface area contributed by atoms with E-state index in [9.17, 15) is 0 Å². The summed E-state index contributed by atoms with van der Waals surface area (Å²) in [4.78, 5) is 4.62. The fourth-order valence-corrected chi connectivity index (χ4v) is 2.39. The average molecular weight is 293 g/mol. The van der Waals surface area contributed by atoms with Crippen LogP contribution < -0.4 is 10.1 Å². The van der Waals surface area contributed by atoms with Crippen molar-refractivity contribution in [2.75, 3.05) is 54.4 Å². The molecule has 0 heterocycles. The summed E-state index contributed by atoms with van der Waals surface area (Å²) in [5.41, 5.74) is 1.31. The molecule has 1 aromatic rings. The van der Waals surface area contributed by atoms with Crippen molar-refractivity contribution >= 4 is 0 Å². The van der Waals surface area contributed by atoms with Crippen LogP contribution in [-0.4, -0.2) is 64.2 Å². The minimum Gasteiger partial charge on any atom is -0.494 e. The van der Waals surface area contributed by atoms with Gasteiger partial charge in [0.1, 0.15) is 5.75 Å². The quantitative estimate of drug-likeness (QED) is 0.716. The maximum Gasteiger partial charge on any atom is 0.119 e. The standard InChI is InChI=1S/C17H31N3O/c1-6-21-16-10-8-15(9-11-16)17(18-2)14-20(5)13-7-12-19(3)4/h8-11,17-18H,6-7,12-14H2,1-5H3. The lowest BCUT2D eigenvalue weighted by Crippen LogP contribution is -2.32. The van der Waals surface area contributed by atoms with Crippen LogP contribution in [0.2, 0.25) is 0 Å². The topological polar surface area (TPSA) is 27.7 Å². The lowest BCUT2D eigenvalue weighted by Gasteiger charge is -2.24. The molecule has 0 amide bonds. The summed E-state index contributed by atoms with van der Waals surface area (Å²) in [5.74, 6) is 0.940. The van der Waals surface area contributed by atoms with E-state index in [1.807, 2.05) is 14.0 Å². The van der Waals surface area contributed by atoms with Crippen LogP contribution in [-0.2, 0) is 0 Å². The first-order valence-electron chi connectivity index (χ1n) is 7.80. The summed E-state index contributed by atoms with van der Waals surface area (Å²) in [6.07, 6.45) is 1.20. The molecule has 4 heteroatoms. The van der Waals surface area contributed by atoms with Crippen LogP contribution in [0.15, 0.2) is 24.3 Å². The number of benzene rings is 1. The number of nitrogens with one attached hydrogen (secondary N) is 1. The SMILES string of the molecule is CCOc1ccc(C(CN(C)CCCN(C)C)NC)cc1. The van der Waals surface area contributed by atoms with Gasteiger partial charge in [0.15, 0.2) is 0 Å². The number of hydrogen-bond donors (Lipinski definition) is 1. The zero-order valence-electron chi connectivity index (χ0n) is 14.2. The van der Waals surface area contributed by atoms with Crippen LogP contribution in [0.4, 0.5) is 0 Å². The molecule has 0 aliphatic rings. The molecule has 0 aliphatic carbocycles. The fourth-order valence-electron chi connectivity index (χ4n) is 2.39. The van der Waals surface area contributed by atoms with E-state index in [0.717, 1.165) is 25.4 Å². The molecule has 1 unspecified atom stereocenters. The van der Waals surface area contributed by atoms with Gasteiger partial charge in [-0.1, -0.05) is 12.1 Å². The predicted octanol–water partition coefficient (Wildman–Crippen LogP) is 2.23. The van der Waals surface area contributed by atoms with Crippen molar-refractivity contribution in [2.24, 2.45) is 0 Å². The Morgan fingerprint density at radius 1 is 1.10 bits per heavy atom. The number of nitrogens with zero attached hydrogens (tertiary/aromatic N) is 2. The summed E-state index contributed by atoms with van der Waals surface area (Å²) >= 11 is 0. The highest BCUT2D eigenvalue weighted by Crippen LogP contribution is 2.18. The van der Waals surface area contributed by atoms with Gasteiger partial charge in [-0.2, -0.15) is 0 Å². The Balaban J connectivity index is 2.49. The van der Waals surface area contributed by atoms with Crippen molar-refractivity contribution in [1.29, 1.82) is 0 Å². The zero-order chi connectivity index (χ0) is 15.7. The molecule has 0 saturated carbocycles. The van der Waals surface area contributed by atoms with Gasteiger partial charge >= 0.3 is 0 Å². The molecule has 21 heavy (non-hydrogen) atoms. The summed E-state index contributed by atoms with van der Waals surface area (Å²) in [6, 6.07) is 8.76. The van der Waals surface area contributed by atoms with Crippen LogP contribution in [0.1, 0.15) is 24.9 Å². The number of likely N-dealkylation sites (N-methyl/N-ethyl adjacent to an activating group) is 2. The molecule has 0 bridgehead atoms. The average Bonchev–Trinajstić information content (AvgIpc) is 2.45. The van der Waals surface area contributed by atoms with E-state index in [-0.39, 0.29) is 0 Å². The zero-order valence-corrected chi connectivity index (χ0v) is 14.2. The minimum atomic E-state index is 0.352. The maximum absolute atomic E-state index is 5.50. The van der Waals surface area contributed by atoms with E-state index in [0.29, 0.717) is 12.6 Å². The molecule has 0 radical (unpaired) electrons. The lowest BCUT2D eigenvalue weighted by atomic mass is 10.1. The van der Waals surface area contributed by atoms with Crippen molar-refractivity contribution < 1.29 is 4.74 Å². The lowest BCUT2D eigenvalue weighted by molar-refractivity contribution is 0.275. The van der Waals surface area contributed by atoms with Gasteiger partial charge in [0.2, 0.25) is 0 Å². The molecule has 1 rings (SSSR count). The summed E-state index contributed by atoms with van der Waals surface area (Å²) < 4.78 is 5.50. The molecule has 0 spiro atoms. The van der Waals surface area contributed by atoms with E-state index in [1.54, 1.807) is 0 Å².